The minimum Gasteiger partial charge on any atom is -0.491 e. The molecule has 0 aliphatic carbocycles. The number of carbonyl (C=O) groups excluding carboxylic acids is 1. The molecule has 0 aliphatic rings. The van der Waals surface area contributed by atoms with Crippen LogP contribution in [-0.4, -0.2) is 52.9 Å². The first-order valence-electron chi connectivity index (χ1n) is 11.2. The number of rotatable bonds is 11. The number of H-pyrrole nitrogens is 1. The lowest BCUT2D eigenvalue weighted by molar-refractivity contribution is -0.186. The van der Waals surface area contributed by atoms with Gasteiger partial charge in [0.1, 0.15) is 18.5 Å². The molecule has 5 nitrogen and oxygen atoms in total. The Bertz CT molecular complexity index is 1100. The number of aliphatic hydroxyl groups excluding tert-OH is 1. The molecule has 3 aromatic rings. The number of ether oxygens (including phenoxy) is 1. The van der Waals surface area contributed by atoms with Crippen LogP contribution in [0.25, 0.3) is 10.9 Å². The van der Waals surface area contributed by atoms with E-state index in [1.807, 2.05) is 30.3 Å². The van der Waals surface area contributed by atoms with Gasteiger partial charge in [0.15, 0.2) is 0 Å². The quantitative estimate of drug-likeness (QED) is 0.366. The largest absolute Gasteiger partial charge is 0.491 e. The molecule has 0 radical (unpaired) electrons. The molecule has 1 heterocycles. The Labute approximate surface area is 201 Å². The molecule has 3 rings (SSSR count). The molecule has 1 atom stereocenters. The first-order valence-corrected chi connectivity index (χ1v) is 11.6. The Morgan fingerprint density at radius 3 is 2.59 bits per heavy atom. The minimum atomic E-state index is -4.97. The Morgan fingerprint density at radius 2 is 1.85 bits per heavy atom. The average Bonchev–Trinajstić information content (AvgIpc) is 3.18. The molecule has 2 aromatic carbocycles. The molecule has 0 saturated heterocycles. The highest BCUT2D eigenvalue weighted by molar-refractivity contribution is 6.35. The third-order valence-corrected chi connectivity index (χ3v) is 5.79. The van der Waals surface area contributed by atoms with E-state index in [4.69, 9.17) is 16.3 Å². The third-order valence-electron chi connectivity index (χ3n) is 5.49. The zero-order valence-electron chi connectivity index (χ0n) is 18.9. The molecule has 0 fully saturated rings. The van der Waals surface area contributed by atoms with Crippen molar-refractivity contribution in [2.75, 3.05) is 19.7 Å². The van der Waals surface area contributed by atoms with Gasteiger partial charge in [0.05, 0.1) is 11.6 Å². The highest BCUT2D eigenvalue weighted by Crippen LogP contribution is 2.28. The van der Waals surface area contributed by atoms with E-state index in [-0.39, 0.29) is 13.2 Å². The maximum atomic E-state index is 12.8. The molecule has 0 saturated carbocycles. The SMILES string of the molecule is CCCN(CC(O)COc1ccccc1CCCc1cccc2[nH]cc(Cl)c12)C(=O)C(F)(F)F. The summed E-state index contributed by atoms with van der Waals surface area (Å²) in [6, 6.07) is 13.4. The lowest BCUT2D eigenvalue weighted by Crippen LogP contribution is -2.46. The number of amides is 1. The van der Waals surface area contributed by atoms with Crippen LogP contribution in [0.2, 0.25) is 5.02 Å². The molecule has 0 aliphatic heterocycles. The van der Waals surface area contributed by atoms with Crippen molar-refractivity contribution in [1.82, 2.24) is 9.88 Å². The van der Waals surface area contributed by atoms with Crippen molar-refractivity contribution in [3.05, 3.63) is 64.8 Å². The maximum Gasteiger partial charge on any atom is 0.471 e. The standard InChI is InChI=1S/C25H28ClF3N2O3/c1-2-13-31(24(33)25(27,28)29)15-19(32)16-34-22-12-4-3-7-17(22)8-5-9-18-10-6-11-21-23(18)20(26)14-30-21/h3-4,6-7,10-12,14,19,30,32H,2,5,8-9,13,15-16H2,1H3. The summed E-state index contributed by atoms with van der Waals surface area (Å²) in [7, 11) is 0. The lowest BCUT2D eigenvalue weighted by atomic mass is 10.0. The van der Waals surface area contributed by atoms with Crippen LogP contribution in [0.5, 0.6) is 5.75 Å². The number of para-hydroxylation sites is 1. The highest BCUT2D eigenvalue weighted by atomic mass is 35.5. The Kier molecular flexibility index (Phi) is 8.85. The number of aromatic amines is 1. The van der Waals surface area contributed by atoms with Crippen molar-refractivity contribution >= 4 is 28.4 Å². The molecule has 1 unspecified atom stereocenters. The summed E-state index contributed by atoms with van der Waals surface area (Å²) in [5.41, 5.74) is 3.06. The van der Waals surface area contributed by atoms with Gasteiger partial charge in [-0.15, -0.1) is 0 Å². The second kappa shape index (κ2) is 11.6. The van der Waals surface area contributed by atoms with Gasteiger partial charge in [-0.1, -0.05) is 48.9 Å². The molecule has 2 N–H and O–H groups in total. The second-order valence-electron chi connectivity index (χ2n) is 8.15. The van der Waals surface area contributed by atoms with Gasteiger partial charge < -0.3 is 19.7 Å². The van der Waals surface area contributed by atoms with Crippen molar-refractivity contribution in [3.8, 4) is 5.75 Å². The van der Waals surface area contributed by atoms with E-state index in [9.17, 15) is 23.1 Å². The van der Waals surface area contributed by atoms with Crippen LogP contribution in [0, 0.1) is 0 Å². The van der Waals surface area contributed by atoms with E-state index in [1.54, 1.807) is 25.3 Å². The van der Waals surface area contributed by atoms with Crippen molar-refractivity contribution in [2.24, 2.45) is 0 Å². The van der Waals surface area contributed by atoms with Gasteiger partial charge in [0, 0.05) is 23.6 Å². The summed E-state index contributed by atoms with van der Waals surface area (Å²) in [5, 5.41) is 11.9. The van der Waals surface area contributed by atoms with Gasteiger partial charge in [0.2, 0.25) is 0 Å². The number of nitrogens with zero attached hydrogens (tertiary/aromatic N) is 1. The van der Waals surface area contributed by atoms with Gasteiger partial charge in [-0.3, -0.25) is 4.79 Å². The number of aryl methyl sites for hydroxylation is 2. The Hall–Kier alpha value is -2.71. The fraction of sp³-hybridized carbons (Fsp3) is 0.400. The number of benzene rings is 2. The van der Waals surface area contributed by atoms with Crippen LogP contribution in [0.15, 0.2) is 48.7 Å². The summed E-state index contributed by atoms with van der Waals surface area (Å²) >= 11 is 6.31. The van der Waals surface area contributed by atoms with E-state index in [0.717, 1.165) is 34.9 Å². The first kappa shape index (κ1) is 25.9. The normalized spacial score (nSPS) is 12.6. The molecular weight excluding hydrogens is 469 g/mol. The number of aliphatic hydroxyl groups is 1. The van der Waals surface area contributed by atoms with Crippen molar-refractivity contribution < 1.29 is 27.8 Å². The number of hydrogen-bond donors (Lipinski definition) is 2. The number of aromatic nitrogens is 1. The average molecular weight is 497 g/mol. The summed E-state index contributed by atoms with van der Waals surface area (Å²) in [5.74, 6) is -1.39. The van der Waals surface area contributed by atoms with Gasteiger partial charge in [-0.05, 0) is 48.9 Å². The number of halogens is 4. The topological polar surface area (TPSA) is 65.6 Å². The lowest BCUT2D eigenvalue weighted by Gasteiger charge is -2.26. The van der Waals surface area contributed by atoms with Crippen molar-refractivity contribution in [2.45, 2.75) is 44.9 Å². The molecule has 0 bridgehead atoms. The van der Waals surface area contributed by atoms with E-state index in [2.05, 4.69) is 4.98 Å². The number of alkyl halides is 3. The first-order chi connectivity index (χ1) is 16.2. The summed E-state index contributed by atoms with van der Waals surface area (Å²) < 4.78 is 44.1. The third kappa shape index (κ3) is 6.67. The molecule has 34 heavy (non-hydrogen) atoms. The van der Waals surface area contributed by atoms with Gasteiger partial charge in [-0.2, -0.15) is 13.2 Å². The highest BCUT2D eigenvalue weighted by Gasteiger charge is 2.42. The van der Waals surface area contributed by atoms with E-state index in [0.29, 0.717) is 28.5 Å². The molecular formula is C25H28ClF3N2O3. The van der Waals surface area contributed by atoms with Crippen LogP contribution in [0.4, 0.5) is 13.2 Å². The fourth-order valence-electron chi connectivity index (χ4n) is 3.96. The molecule has 184 valence electrons. The number of fused-ring (bicyclic) bond motifs is 1. The van der Waals surface area contributed by atoms with Gasteiger partial charge in [0.25, 0.3) is 0 Å². The van der Waals surface area contributed by atoms with E-state index >= 15 is 0 Å². The maximum absolute atomic E-state index is 12.8. The second-order valence-corrected chi connectivity index (χ2v) is 8.56. The zero-order chi connectivity index (χ0) is 24.7. The van der Waals surface area contributed by atoms with Crippen LogP contribution in [0.1, 0.15) is 30.9 Å². The summed E-state index contributed by atoms with van der Waals surface area (Å²) in [6.45, 7) is 0.903. The molecule has 1 aromatic heterocycles. The fourth-order valence-corrected chi connectivity index (χ4v) is 4.24. The predicted molar refractivity (Wildman–Crippen MR) is 126 cm³/mol. The number of hydrogen-bond acceptors (Lipinski definition) is 3. The van der Waals surface area contributed by atoms with E-state index < -0.39 is 24.7 Å². The molecule has 1 amide bonds. The van der Waals surface area contributed by atoms with Crippen molar-refractivity contribution in [3.63, 3.8) is 0 Å². The van der Waals surface area contributed by atoms with Crippen LogP contribution in [0.3, 0.4) is 0 Å². The smallest absolute Gasteiger partial charge is 0.471 e. The van der Waals surface area contributed by atoms with Crippen LogP contribution in [-0.2, 0) is 17.6 Å². The number of carbonyl (C=O) groups is 1. The summed E-state index contributed by atoms with van der Waals surface area (Å²) in [4.78, 5) is 15.3. The predicted octanol–water partition coefficient (Wildman–Crippen LogP) is 5.54. The monoisotopic (exact) mass is 496 g/mol. The van der Waals surface area contributed by atoms with Crippen molar-refractivity contribution in [1.29, 1.82) is 0 Å². The number of nitrogens with one attached hydrogen (secondary N) is 1. The van der Waals surface area contributed by atoms with Gasteiger partial charge in [-0.25, -0.2) is 0 Å². The Balaban J connectivity index is 1.57. The van der Waals surface area contributed by atoms with Crippen LogP contribution >= 0.6 is 11.6 Å². The zero-order valence-corrected chi connectivity index (χ0v) is 19.6. The molecule has 0 spiro atoms. The van der Waals surface area contributed by atoms with Crippen LogP contribution < -0.4 is 4.74 Å². The summed E-state index contributed by atoms with van der Waals surface area (Å²) in [6.07, 6.45) is -1.77. The minimum absolute atomic E-state index is 0.0933. The molecule has 9 heteroatoms. The van der Waals surface area contributed by atoms with Gasteiger partial charge >= 0.3 is 12.1 Å². The van der Waals surface area contributed by atoms with E-state index in [1.165, 1.54) is 0 Å². The Morgan fingerprint density at radius 1 is 1.15 bits per heavy atom.